The van der Waals surface area contributed by atoms with Crippen molar-refractivity contribution in [3.63, 3.8) is 0 Å². The first kappa shape index (κ1) is 18.4. The molecule has 0 fully saturated rings. The summed E-state index contributed by atoms with van der Waals surface area (Å²) in [5.41, 5.74) is 1.41. The molecule has 0 N–H and O–H groups in total. The van der Waals surface area contributed by atoms with E-state index in [0.29, 0.717) is 40.0 Å². The average Bonchev–Trinajstić information content (AvgIpc) is 3.22. The molecule has 0 amide bonds. The van der Waals surface area contributed by atoms with Crippen LogP contribution in [0.2, 0.25) is 0 Å². The lowest BCUT2D eigenvalue weighted by atomic mass is 10.1. The maximum atomic E-state index is 13.0. The molecule has 9 heteroatoms. The van der Waals surface area contributed by atoms with E-state index in [1.807, 2.05) is 0 Å². The molecule has 29 heavy (non-hydrogen) atoms. The Morgan fingerprint density at radius 1 is 1.07 bits per heavy atom. The van der Waals surface area contributed by atoms with Gasteiger partial charge in [-0.3, -0.25) is 9.78 Å². The predicted molar refractivity (Wildman–Crippen MR) is 103 cm³/mol. The minimum absolute atomic E-state index is 0.0872. The number of ketones is 1. The van der Waals surface area contributed by atoms with Crippen LogP contribution in [0.4, 0.5) is 0 Å². The van der Waals surface area contributed by atoms with Crippen LogP contribution in [0.3, 0.4) is 0 Å². The van der Waals surface area contributed by atoms with Crippen molar-refractivity contribution in [3.05, 3.63) is 66.5 Å². The fraction of sp³-hybridized carbons (Fsp3) is 0.150. The molecular weight excluding hydrogens is 374 g/mol. The van der Waals surface area contributed by atoms with Crippen LogP contribution in [-0.2, 0) is 6.42 Å². The van der Waals surface area contributed by atoms with E-state index in [4.69, 9.17) is 14.2 Å². The van der Waals surface area contributed by atoms with Gasteiger partial charge >= 0.3 is 0 Å². The molecule has 0 radical (unpaired) electrons. The van der Waals surface area contributed by atoms with E-state index in [1.165, 1.54) is 18.0 Å². The minimum atomic E-state index is -0.169. The number of carbonyl (C=O) groups is 1. The van der Waals surface area contributed by atoms with Crippen LogP contribution in [0.5, 0.6) is 23.1 Å². The number of ether oxygens (including phenoxy) is 3. The van der Waals surface area contributed by atoms with Crippen molar-refractivity contribution in [2.24, 2.45) is 0 Å². The van der Waals surface area contributed by atoms with Gasteiger partial charge in [0.05, 0.1) is 50.5 Å². The van der Waals surface area contributed by atoms with E-state index < -0.39 is 0 Å². The van der Waals surface area contributed by atoms with E-state index in [-0.39, 0.29) is 12.2 Å². The van der Waals surface area contributed by atoms with Gasteiger partial charge in [-0.1, -0.05) is 6.07 Å². The second-order valence-corrected chi connectivity index (χ2v) is 6.05. The normalized spacial score (nSPS) is 10.7. The molecular formula is C20H17N5O4. The molecule has 0 atom stereocenters. The van der Waals surface area contributed by atoms with Gasteiger partial charge in [0, 0.05) is 12.1 Å². The molecule has 0 spiro atoms. The summed E-state index contributed by atoms with van der Waals surface area (Å²) >= 11 is 0. The Bertz CT molecular complexity index is 1170. The third kappa shape index (κ3) is 3.98. The number of fused-ring (bicyclic) bond motifs is 1. The van der Waals surface area contributed by atoms with Crippen molar-refractivity contribution in [2.75, 3.05) is 14.2 Å². The van der Waals surface area contributed by atoms with Crippen LogP contribution in [0.25, 0.3) is 5.65 Å². The molecule has 0 unspecified atom stereocenters. The number of Topliss-reactive ketones (excluding diaryl/α,β-unsaturated/α-hetero) is 1. The van der Waals surface area contributed by atoms with Gasteiger partial charge in [0.15, 0.2) is 11.4 Å². The average molecular weight is 391 g/mol. The van der Waals surface area contributed by atoms with Gasteiger partial charge in [-0.05, 0) is 12.1 Å². The predicted octanol–water partition coefficient (Wildman–Crippen LogP) is 2.75. The molecule has 9 nitrogen and oxygen atoms in total. The Morgan fingerprint density at radius 3 is 2.76 bits per heavy atom. The first-order valence-corrected chi connectivity index (χ1v) is 8.69. The highest BCUT2D eigenvalue weighted by atomic mass is 16.5. The molecule has 4 aromatic heterocycles. The number of rotatable bonds is 7. The minimum Gasteiger partial charge on any atom is -0.495 e. The highest BCUT2D eigenvalue weighted by molar-refractivity contribution is 6.02. The summed E-state index contributed by atoms with van der Waals surface area (Å²) in [6.07, 6.45) is 6.23. The van der Waals surface area contributed by atoms with Gasteiger partial charge < -0.3 is 14.2 Å². The summed E-state index contributed by atoms with van der Waals surface area (Å²) in [5.74, 6) is 1.73. The quantitative estimate of drug-likeness (QED) is 0.443. The number of nitrogens with zero attached hydrogens (tertiary/aromatic N) is 5. The Balaban J connectivity index is 1.66. The topological polar surface area (TPSA) is 101 Å². The molecule has 0 aliphatic heterocycles. The van der Waals surface area contributed by atoms with Crippen LogP contribution < -0.4 is 14.2 Å². The molecule has 0 bridgehead atoms. The third-order valence-electron chi connectivity index (χ3n) is 4.14. The Labute approximate surface area is 165 Å². The number of carbonyl (C=O) groups excluding carboxylic acids is 1. The monoisotopic (exact) mass is 391 g/mol. The zero-order valence-corrected chi connectivity index (χ0v) is 15.8. The van der Waals surface area contributed by atoms with Crippen LogP contribution in [-0.4, -0.2) is 44.6 Å². The third-order valence-corrected chi connectivity index (χ3v) is 4.14. The zero-order valence-electron chi connectivity index (χ0n) is 15.8. The standard InChI is InChI=1S/C20H17N5O4/c1-27-14-7-15(10-21-9-14)29-16-8-17(20-22-12-23-25(20)11-16)18(26)6-13-4-3-5-19(24-13)28-2/h3-5,7-12H,6H2,1-2H3. The Kier molecular flexibility index (Phi) is 5.02. The van der Waals surface area contributed by atoms with Gasteiger partial charge in [-0.25, -0.2) is 14.5 Å². The highest BCUT2D eigenvalue weighted by Gasteiger charge is 2.17. The summed E-state index contributed by atoms with van der Waals surface area (Å²) in [4.78, 5) is 25.5. The van der Waals surface area contributed by atoms with E-state index in [9.17, 15) is 4.79 Å². The summed E-state index contributed by atoms with van der Waals surface area (Å²) < 4.78 is 17.6. The van der Waals surface area contributed by atoms with Gasteiger partial charge in [-0.15, -0.1) is 0 Å². The van der Waals surface area contributed by atoms with Crippen LogP contribution in [0.1, 0.15) is 16.1 Å². The molecule has 0 aliphatic carbocycles. The van der Waals surface area contributed by atoms with E-state index in [0.717, 1.165) is 0 Å². The fourth-order valence-corrected chi connectivity index (χ4v) is 2.79. The molecule has 0 saturated carbocycles. The molecule has 0 saturated heterocycles. The summed E-state index contributed by atoms with van der Waals surface area (Å²) in [6, 6.07) is 8.60. The lowest BCUT2D eigenvalue weighted by Crippen LogP contribution is -2.08. The maximum absolute atomic E-state index is 13.0. The van der Waals surface area contributed by atoms with Crippen LogP contribution in [0.15, 0.2) is 55.2 Å². The largest absolute Gasteiger partial charge is 0.495 e. The Morgan fingerprint density at radius 2 is 1.93 bits per heavy atom. The van der Waals surface area contributed by atoms with Crippen molar-refractivity contribution in [3.8, 4) is 23.1 Å². The second-order valence-electron chi connectivity index (χ2n) is 6.05. The maximum Gasteiger partial charge on any atom is 0.213 e. The Hall–Kier alpha value is -4.01. The summed E-state index contributed by atoms with van der Waals surface area (Å²) in [5, 5.41) is 4.13. The number of hydrogen-bond donors (Lipinski definition) is 0. The summed E-state index contributed by atoms with van der Waals surface area (Å²) in [6.45, 7) is 0. The lowest BCUT2D eigenvalue weighted by molar-refractivity contribution is 0.0992. The second kappa shape index (κ2) is 7.93. The zero-order chi connectivity index (χ0) is 20.2. The lowest BCUT2D eigenvalue weighted by Gasteiger charge is -2.09. The summed E-state index contributed by atoms with van der Waals surface area (Å²) in [7, 11) is 3.08. The molecule has 4 aromatic rings. The van der Waals surface area contributed by atoms with Crippen molar-refractivity contribution in [1.29, 1.82) is 0 Å². The number of hydrogen-bond acceptors (Lipinski definition) is 8. The first-order valence-electron chi connectivity index (χ1n) is 8.69. The highest BCUT2D eigenvalue weighted by Crippen LogP contribution is 2.26. The van der Waals surface area contributed by atoms with E-state index in [1.54, 1.807) is 56.0 Å². The molecule has 4 heterocycles. The molecule has 146 valence electrons. The van der Waals surface area contributed by atoms with Gasteiger partial charge in [-0.2, -0.15) is 5.10 Å². The smallest absolute Gasteiger partial charge is 0.213 e. The van der Waals surface area contributed by atoms with E-state index >= 15 is 0 Å². The van der Waals surface area contributed by atoms with Crippen molar-refractivity contribution >= 4 is 11.4 Å². The SMILES string of the molecule is COc1cncc(Oc2cc(C(=O)Cc3cccc(OC)n3)c3ncnn3c2)c1. The number of pyridine rings is 3. The van der Waals surface area contributed by atoms with Crippen molar-refractivity contribution in [2.45, 2.75) is 6.42 Å². The molecule has 0 aliphatic rings. The van der Waals surface area contributed by atoms with Gasteiger partial charge in [0.1, 0.15) is 23.6 Å². The number of aromatic nitrogens is 5. The van der Waals surface area contributed by atoms with Gasteiger partial charge in [0.25, 0.3) is 0 Å². The van der Waals surface area contributed by atoms with E-state index in [2.05, 4.69) is 20.1 Å². The molecule has 0 aromatic carbocycles. The molecule has 4 rings (SSSR count). The van der Waals surface area contributed by atoms with Crippen molar-refractivity contribution in [1.82, 2.24) is 24.6 Å². The van der Waals surface area contributed by atoms with Crippen LogP contribution >= 0.6 is 0 Å². The van der Waals surface area contributed by atoms with Crippen molar-refractivity contribution < 1.29 is 19.0 Å². The van der Waals surface area contributed by atoms with Gasteiger partial charge in [0.2, 0.25) is 5.88 Å². The number of methoxy groups -OCH3 is 2. The first-order chi connectivity index (χ1) is 14.2. The van der Waals surface area contributed by atoms with Crippen LogP contribution in [0, 0.1) is 0 Å². The fourth-order valence-electron chi connectivity index (χ4n) is 2.79.